The number of halogens is 1. The largest absolute Gasteiger partial charge is 0.316 e. The number of hydrogen-bond donors (Lipinski definition) is 1. The van der Waals surface area contributed by atoms with E-state index in [4.69, 9.17) is 0 Å². The van der Waals surface area contributed by atoms with Crippen molar-refractivity contribution < 1.29 is 0 Å². The molecule has 0 fully saturated rings. The molecule has 0 saturated carbocycles. The number of thiophene rings is 1. The molecule has 13 heavy (non-hydrogen) atoms. The monoisotopic (exact) mass is 259 g/mol. The maximum absolute atomic E-state index is 3.51. The second kappa shape index (κ2) is 4.94. The van der Waals surface area contributed by atoms with Crippen molar-refractivity contribution in [2.45, 2.75) is 13.8 Å². The number of aryl methyl sites for hydroxylation is 1. The molecule has 1 aromatic heterocycles. The van der Waals surface area contributed by atoms with E-state index >= 15 is 0 Å². The summed E-state index contributed by atoms with van der Waals surface area (Å²) in [6.45, 7) is 5.22. The minimum absolute atomic E-state index is 0.953. The van der Waals surface area contributed by atoms with Crippen LogP contribution < -0.4 is 5.32 Å². The highest BCUT2D eigenvalue weighted by atomic mass is 79.9. The lowest BCUT2D eigenvalue weighted by atomic mass is 10.2. The Morgan fingerprint density at radius 1 is 1.69 bits per heavy atom. The Bertz CT molecular complexity index is 295. The zero-order valence-electron chi connectivity index (χ0n) is 8.15. The second-order valence-corrected chi connectivity index (χ2v) is 5.22. The highest BCUT2D eigenvalue weighted by Gasteiger charge is 2.00. The molecule has 0 saturated heterocycles. The van der Waals surface area contributed by atoms with Crippen LogP contribution in [0.25, 0.3) is 6.08 Å². The van der Waals surface area contributed by atoms with E-state index in [1.165, 1.54) is 19.8 Å². The van der Waals surface area contributed by atoms with Gasteiger partial charge in [0.05, 0.1) is 0 Å². The first-order valence-electron chi connectivity index (χ1n) is 4.21. The van der Waals surface area contributed by atoms with Gasteiger partial charge in [-0.15, -0.1) is 11.3 Å². The van der Waals surface area contributed by atoms with Crippen molar-refractivity contribution >= 4 is 33.3 Å². The van der Waals surface area contributed by atoms with Crippen LogP contribution in [-0.2, 0) is 0 Å². The maximum Gasteiger partial charge on any atom is 0.0317 e. The number of rotatable bonds is 3. The first kappa shape index (κ1) is 11.0. The lowest BCUT2D eigenvalue weighted by Gasteiger charge is -1.96. The highest BCUT2D eigenvalue weighted by Crippen LogP contribution is 2.27. The maximum atomic E-state index is 3.51. The van der Waals surface area contributed by atoms with Gasteiger partial charge in [0.2, 0.25) is 0 Å². The number of nitrogens with one attached hydrogen (secondary N) is 1. The third-order valence-corrected chi connectivity index (χ3v) is 3.80. The summed E-state index contributed by atoms with van der Waals surface area (Å²) in [5, 5.41) is 3.13. The van der Waals surface area contributed by atoms with Gasteiger partial charge in [0, 0.05) is 20.8 Å². The Balaban J connectivity index is 2.78. The van der Waals surface area contributed by atoms with Gasteiger partial charge in [0.1, 0.15) is 0 Å². The molecular formula is C10H14BrNS. The Kier molecular flexibility index (Phi) is 4.16. The van der Waals surface area contributed by atoms with Crippen LogP contribution in [0.3, 0.4) is 0 Å². The van der Waals surface area contributed by atoms with Crippen LogP contribution in [0.1, 0.15) is 16.7 Å². The average molecular weight is 260 g/mol. The van der Waals surface area contributed by atoms with E-state index in [1.54, 1.807) is 0 Å². The molecule has 1 nitrogen and oxygen atoms in total. The van der Waals surface area contributed by atoms with Crippen LogP contribution in [0, 0.1) is 6.92 Å². The molecule has 0 bridgehead atoms. The van der Waals surface area contributed by atoms with Crippen molar-refractivity contribution in [1.82, 2.24) is 5.32 Å². The van der Waals surface area contributed by atoms with Crippen LogP contribution in [0.4, 0.5) is 0 Å². The third-order valence-electron chi connectivity index (χ3n) is 1.72. The molecule has 0 aromatic carbocycles. The highest BCUT2D eigenvalue weighted by molar-refractivity contribution is 9.10. The third kappa shape index (κ3) is 3.25. The Morgan fingerprint density at radius 3 is 2.85 bits per heavy atom. The van der Waals surface area contributed by atoms with Gasteiger partial charge in [-0.3, -0.25) is 0 Å². The van der Waals surface area contributed by atoms with Gasteiger partial charge in [-0.05, 0) is 49.0 Å². The van der Waals surface area contributed by atoms with E-state index in [-0.39, 0.29) is 0 Å². The van der Waals surface area contributed by atoms with Gasteiger partial charge in [0.25, 0.3) is 0 Å². The fourth-order valence-corrected chi connectivity index (χ4v) is 2.71. The molecule has 0 aliphatic heterocycles. The minimum Gasteiger partial charge on any atom is -0.316 e. The SMILES string of the molecule is CNCC(C)=Cc1cc(Br)c(C)s1. The smallest absolute Gasteiger partial charge is 0.0317 e. The van der Waals surface area contributed by atoms with Crippen molar-refractivity contribution in [3.63, 3.8) is 0 Å². The lowest BCUT2D eigenvalue weighted by Crippen LogP contribution is -2.08. The van der Waals surface area contributed by atoms with Crippen LogP contribution in [0.2, 0.25) is 0 Å². The molecule has 0 aliphatic carbocycles. The lowest BCUT2D eigenvalue weighted by molar-refractivity contribution is 0.885. The topological polar surface area (TPSA) is 12.0 Å². The predicted molar refractivity (Wildman–Crippen MR) is 64.3 cm³/mol. The number of hydrogen-bond acceptors (Lipinski definition) is 2. The Hall–Kier alpha value is -0.120. The molecule has 3 heteroatoms. The van der Waals surface area contributed by atoms with Crippen LogP contribution >= 0.6 is 27.3 Å². The molecule has 0 radical (unpaired) electrons. The summed E-state index contributed by atoms with van der Waals surface area (Å²) in [5.74, 6) is 0. The van der Waals surface area contributed by atoms with E-state index in [2.05, 4.69) is 47.2 Å². The quantitative estimate of drug-likeness (QED) is 0.877. The molecule has 0 atom stereocenters. The van der Waals surface area contributed by atoms with Crippen LogP contribution in [0.15, 0.2) is 16.1 Å². The molecule has 1 heterocycles. The Morgan fingerprint density at radius 2 is 2.38 bits per heavy atom. The van der Waals surface area contributed by atoms with Crippen molar-refractivity contribution in [2.24, 2.45) is 0 Å². The molecule has 0 unspecified atom stereocenters. The second-order valence-electron chi connectivity index (χ2n) is 3.07. The zero-order chi connectivity index (χ0) is 9.84. The van der Waals surface area contributed by atoms with Crippen molar-refractivity contribution in [1.29, 1.82) is 0 Å². The molecule has 0 spiro atoms. The van der Waals surface area contributed by atoms with Crippen molar-refractivity contribution in [3.05, 3.63) is 25.9 Å². The van der Waals surface area contributed by atoms with Gasteiger partial charge >= 0.3 is 0 Å². The molecule has 0 amide bonds. The van der Waals surface area contributed by atoms with E-state index in [0.717, 1.165) is 6.54 Å². The predicted octanol–water partition coefficient (Wildman–Crippen LogP) is 3.44. The number of likely N-dealkylation sites (N-methyl/N-ethyl adjacent to an activating group) is 1. The first-order chi connectivity index (χ1) is 6.13. The summed E-state index contributed by atoms with van der Waals surface area (Å²) < 4.78 is 1.21. The van der Waals surface area contributed by atoms with Gasteiger partial charge in [-0.1, -0.05) is 5.57 Å². The van der Waals surface area contributed by atoms with E-state index in [1.807, 2.05) is 18.4 Å². The average Bonchev–Trinajstić information content (AvgIpc) is 2.31. The molecule has 1 rings (SSSR count). The van der Waals surface area contributed by atoms with Gasteiger partial charge in [-0.25, -0.2) is 0 Å². The summed E-state index contributed by atoms with van der Waals surface area (Å²) in [4.78, 5) is 2.65. The summed E-state index contributed by atoms with van der Waals surface area (Å²) in [5.41, 5.74) is 1.36. The summed E-state index contributed by atoms with van der Waals surface area (Å²) in [7, 11) is 1.97. The van der Waals surface area contributed by atoms with Crippen molar-refractivity contribution in [3.8, 4) is 0 Å². The molecule has 1 aromatic rings. The summed E-state index contributed by atoms with van der Waals surface area (Å²) in [6, 6.07) is 2.17. The van der Waals surface area contributed by atoms with Gasteiger partial charge < -0.3 is 5.32 Å². The van der Waals surface area contributed by atoms with Gasteiger partial charge in [-0.2, -0.15) is 0 Å². The van der Waals surface area contributed by atoms with Crippen LogP contribution in [0.5, 0.6) is 0 Å². The van der Waals surface area contributed by atoms with Crippen LogP contribution in [-0.4, -0.2) is 13.6 Å². The minimum atomic E-state index is 0.953. The standard InChI is InChI=1S/C10H14BrNS/c1-7(6-12-3)4-9-5-10(11)8(2)13-9/h4-5,12H,6H2,1-3H3. The fourth-order valence-electron chi connectivity index (χ4n) is 1.13. The zero-order valence-corrected chi connectivity index (χ0v) is 10.6. The van der Waals surface area contributed by atoms with E-state index < -0.39 is 0 Å². The molecular weight excluding hydrogens is 246 g/mol. The fraction of sp³-hybridized carbons (Fsp3) is 0.400. The molecule has 0 aliphatic rings. The summed E-state index contributed by atoms with van der Waals surface area (Å²) >= 11 is 5.33. The molecule has 1 N–H and O–H groups in total. The van der Waals surface area contributed by atoms with Crippen molar-refractivity contribution in [2.75, 3.05) is 13.6 Å². The normalized spacial score (nSPS) is 12.2. The molecule has 72 valence electrons. The van der Waals surface area contributed by atoms with E-state index in [9.17, 15) is 0 Å². The van der Waals surface area contributed by atoms with Gasteiger partial charge in [0.15, 0.2) is 0 Å². The van der Waals surface area contributed by atoms with E-state index in [0.29, 0.717) is 0 Å². The Labute approximate surface area is 92.0 Å². The summed E-state index contributed by atoms with van der Waals surface area (Å²) in [6.07, 6.45) is 2.22. The first-order valence-corrected chi connectivity index (χ1v) is 5.82.